The Labute approximate surface area is 120 Å². The molecule has 4 heteroatoms. The van der Waals surface area contributed by atoms with Gasteiger partial charge in [-0.1, -0.05) is 42.5 Å². The van der Waals surface area contributed by atoms with Crippen LogP contribution in [0.1, 0.15) is 11.1 Å². The molecular formula is C14H12BrNOS. The number of halogens is 1. The summed E-state index contributed by atoms with van der Waals surface area (Å²) in [4.78, 5) is 0.372. The lowest BCUT2D eigenvalue weighted by Crippen LogP contribution is -2.10. The van der Waals surface area contributed by atoms with Crippen molar-refractivity contribution in [2.75, 3.05) is 0 Å². The van der Waals surface area contributed by atoms with Crippen molar-refractivity contribution in [3.63, 3.8) is 0 Å². The van der Waals surface area contributed by atoms with E-state index in [0.717, 1.165) is 21.3 Å². The van der Waals surface area contributed by atoms with Gasteiger partial charge in [-0.05, 0) is 39.7 Å². The average Bonchev–Trinajstić information content (AvgIpc) is 2.37. The molecule has 0 heterocycles. The highest BCUT2D eigenvalue weighted by Gasteiger charge is 2.04. The molecule has 2 aromatic rings. The quantitative estimate of drug-likeness (QED) is 0.873. The summed E-state index contributed by atoms with van der Waals surface area (Å²) in [5, 5.41) is 0. The Morgan fingerprint density at radius 1 is 1.17 bits per heavy atom. The minimum absolute atomic E-state index is 0.372. The average molecular weight is 322 g/mol. The second-order valence-electron chi connectivity index (χ2n) is 3.78. The van der Waals surface area contributed by atoms with Crippen molar-refractivity contribution in [2.24, 2.45) is 5.73 Å². The van der Waals surface area contributed by atoms with Gasteiger partial charge in [-0.2, -0.15) is 0 Å². The first-order valence-corrected chi connectivity index (χ1v) is 6.63. The summed E-state index contributed by atoms with van der Waals surface area (Å²) < 4.78 is 6.54. The Bertz CT molecular complexity index is 557. The third-order valence-corrected chi connectivity index (χ3v) is 3.33. The molecular weight excluding hydrogens is 310 g/mol. The van der Waals surface area contributed by atoms with Crippen LogP contribution in [0.15, 0.2) is 53.0 Å². The van der Waals surface area contributed by atoms with Gasteiger partial charge in [-0.25, -0.2) is 0 Å². The van der Waals surface area contributed by atoms with Crippen LogP contribution in [0.2, 0.25) is 0 Å². The van der Waals surface area contributed by atoms with Gasteiger partial charge in [-0.3, -0.25) is 0 Å². The lowest BCUT2D eigenvalue weighted by atomic mass is 10.2. The molecule has 0 bridgehead atoms. The molecule has 0 fully saturated rings. The second kappa shape index (κ2) is 5.98. The van der Waals surface area contributed by atoms with Crippen LogP contribution < -0.4 is 10.5 Å². The van der Waals surface area contributed by atoms with Crippen molar-refractivity contribution >= 4 is 33.1 Å². The molecule has 92 valence electrons. The fourth-order valence-electron chi connectivity index (χ4n) is 1.53. The minimum atomic E-state index is 0.372. The van der Waals surface area contributed by atoms with Crippen molar-refractivity contribution in [2.45, 2.75) is 6.61 Å². The normalized spacial score (nSPS) is 10.1. The van der Waals surface area contributed by atoms with Crippen LogP contribution in [-0.2, 0) is 6.61 Å². The molecule has 2 rings (SSSR count). The topological polar surface area (TPSA) is 35.2 Å². The Morgan fingerprint density at radius 2 is 1.89 bits per heavy atom. The zero-order valence-corrected chi connectivity index (χ0v) is 12.0. The fourth-order valence-corrected chi connectivity index (χ4v) is 2.41. The molecule has 0 spiro atoms. The van der Waals surface area contributed by atoms with E-state index in [9.17, 15) is 0 Å². The maximum absolute atomic E-state index is 5.69. The Hall–Kier alpha value is -1.39. The number of ether oxygens (including phenoxy) is 1. The van der Waals surface area contributed by atoms with Crippen molar-refractivity contribution in [3.8, 4) is 5.75 Å². The van der Waals surface area contributed by atoms with Gasteiger partial charge in [0.15, 0.2) is 0 Å². The predicted octanol–water partition coefficient (Wildman–Crippen LogP) is 3.66. The Morgan fingerprint density at radius 3 is 2.50 bits per heavy atom. The molecule has 2 aromatic carbocycles. The molecule has 0 radical (unpaired) electrons. The van der Waals surface area contributed by atoms with Crippen LogP contribution >= 0.6 is 28.1 Å². The zero-order chi connectivity index (χ0) is 13.0. The van der Waals surface area contributed by atoms with E-state index in [1.54, 1.807) is 0 Å². The van der Waals surface area contributed by atoms with E-state index >= 15 is 0 Å². The summed E-state index contributed by atoms with van der Waals surface area (Å²) in [7, 11) is 0. The predicted molar refractivity (Wildman–Crippen MR) is 80.8 cm³/mol. The third-order valence-electron chi connectivity index (χ3n) is 2.45. The van der Waals surface area contributed by atoms with Crippen LogP contribution in [0.5, 0.6) is 5.75 Å². The Balaban J connectivity index is 2.07. The summed E-state index contributed by atoms with van der Waals surface area (Å²) in [6, 6.07) is 15.6. The largest absolute Gasteiger partial charge is 0.489 e. The molecule has 0 unspecified atom stereocenters. The smallest absolute Gasteiger partial charge is 0.120 e. The SMILES string of the molecule is NC(=S)c1ccc(OCc2ccccc2)cc1Br. The molecule has 18 heavy (non-hydrogen) atoms. The zero-order valence-electron chi connectivity index (χ0n) is 9.60. The van der Waals surface area contributed by atoms with E-state index in [2.05, 4.69) is 15.9 Å². The molecule has 2 nitrogen and oxygen atoms in total. The third kappa shape index (κ3) is 3.31. The van der Waals surface area contributed by atoms with Crippen LogP contribution in [0.3, 0.4) is 0 Å². The molecule has 0 amide bonds. The highest BCUT2D eigenvalue weighted by molar-refractivity contribution is 9.10. The molecule has 0 saturated carbocycles. The van der Waals surface area contributed by atoms with Gasteiger partial charge < -0.3 is 10.5 Å². The Kier molecular flexibility index (Phi) is 4.33. The standard InChI is InChI=1S/C14H12BrNOS/c15-13-8-11(6-7-12(13)14(16)18)17-9-10-4-2-1-3-5-10/h1-8H,9H2,(H2,16,18). The van der Waals surface area contributed by atoms with Gasteiger partial charge in [-0.15, -0.1) is 0 Å². The number of hydrogen-bond acceptors (Lipinski definition) is 2. The molecule has 0 aliphatic carbocycles. The first kappa shape index (κ1) is 13.1. The van der Waals surface area contributed by atoms with E-state index in [0.29, 0.717) is 11.6 Å². The summed E-state index contributed by atoms with van der Waals surface area (Å²) in [6.07, 6.45) is 0. The maximum atomic E-state index is 5.69. The lowest BCUT2D eigenvalue weighted by molar-refractivity contribution is 0.306. The number of hydrogen-bond donors (Lipinski definition) is 1. The van der Waals surface area contributed by atoms with Gasteiger partial charge in [0.2, 0.25) is 0 Å². The molecule has 0 atom stereocenters. The van der Waals surface area contributed by atoms with E-state index < -0.39 is 0 Å². The van der Waals surface area contributed by atoms with Gasteiger partial charge in [0.05, 0.1) is 0 Å². The van der Waals surface area contributed by atoms with E-state index in [-0.39, 0.29) is 0 Å². The van der Waals surface area contributed by atoms with Crippen LogP contribution in [-0.4, -0.2) is 4.99 Å². The summed E-state index contributed by atoms with van der Waals surface area (Å²) in [6.45, 7) is 0.541. The first-order chi connectivity index (χ1) is 8.66. The minimum Gasteiger partial charge on any atom is -0.489 e. The van der Waals surface area contributed by atoms with Crippen molar-refractivity contribution < 1.29 is 4.74 Å². The highest BCUT2D eigenvalue weighted by Crippen LogP contribution is 2.23. The number of thiocarbonyl (C=S) groups is 1. The summed E-state index contributed by atoms with van der Waals surface area (Å²) in [5.74, 6) is 0.783. The molecule has 0 saturated heterocycles. The number of nitrogens with two attached hydrogens (primary N) is 1. The van der Waals surface area contributed by atoms with E-state index in [1.807, 2.05) is 48.5 Å². The van der Waals surface area contributed by atoms with Crippen molar-refractivity contribution in [3.05, 3.63) is 64.1 Å². The van der Waals surface area contributed by atoms with Crippen molar-refractivity contribution in [1.82, 2.24) is 0 Å². The van der Waals surface area contributed by atoms with Gasteiger partial charge >= 0.3 is 0 Å². The molecule has 0 aliphatic heterocycles. The van der Waals surface area contributed by atoms with Gasteiger partial charge in [0, 0.05) is 10.0 Å². The molecule has 0 aliphatic rings. The van der Waals surface area contributed by atoms with Crippen LogP contribution in [0.4, 0.5) is 0 Å². The lowest BCUT2D eigenvalue weighted by Gasteiger charge is -2.08. The van der Waals surface area contributed by atoms with E-state index in [4.69, 9.17) is 22.7 Å². The van der Waals surface area contributed by atoms with Crippen LogP contribution in [0.25, 0.3) is 0 Å². The number of benzene rings is 2. The highest BCUT2D eigenvalue weighted by atomic mass is 79.9. The van der Waals surface area contributed by atoms with Crippen molar-refractivity contribution in [1.29, 1.82) is 0 Å². The maximum Gasteiger partial charge on any atom is 0.120 e. The number of rotatable bonds is 4. The van der Waals surface area contributed by atoms with Gasteiger partial charge in [0.25, 0.3) is 0 Å². The molecule has 2 N–H and O–H groups in total. The van der Waals surface area contributed by atoms with Gasteiger partial charge in [0.1, 0.15) is 17.3 Å². The second-order valence-corrected chi connectivity index (χ2v) is 5.07. The monoisotopic (exact) mass is 321 g/mol. The fraction of sp³-hybridized carbons (Fsp3) is 0.0714. The van der Waals surface area contributed by atoms with E-state index in [1.165, 1.54) is 0 Å². The van der Waals surface area contributed by atoms with Crippen LogP contribution in [0, 0.1) is 0 Å². The molecule has 0 aromatic heterocycles. The summed E-state index contributed by atoms with van der Waals surface area (Å²) >= 11 is 8.37. The first-order valence-electron chi connectivity index (χ1n) is 5.43. The summed E-state index contributed by atoms with van der Waals surface area (Å²) in [5.41, 5.74) is 7.54.